The Morgan fingerprint density at radius 3 is 3.00 bits per heavy atom. The lowest BCUT2D eigenvalue weighted by Crippen LogP contribution is -2.40. The Labute approximate surface area is 118 Å². The van der Waals surface area contributed by atoms with Crippen LogP contribution in [0.4, 0.5) is 0 Å². The Balaban J connectivity index is 1.88. The molecule has 1 heterocycles. The van der Waals surface area contributed by atoms with Gasteiger partial charge in [0, 0.05) is 19.0 Å². The topological polar surface area (TPSA) is 44.1 Å². The van der Waals surface area contributed by atoms with E-state index < -0.39 is 0 Å². The van der Waals surface area contributed by atoms with Crippen molar-refractivity contribution in [2.45, 2.75) is 45.1 Å². The molecule has 1 atom stereocenters. The van der Waals surface area contributed by atoms with Crippen LogP contribution in [0, 0.1) is 17.2 Å². The molecule has 1 aliphatic carbocycles. The van der Waals surface area contributed by atoms with Crippen LogP contribution in [0.3, 0.4) is 0 Å². The molecule has 19 heavy (non-hydrogen) atoms. The maximum absolute atomic E-state index is 12.3. The fourth-order valence-electron chi connectivity index (χ4n) is 2.39. The molecule has 1 aliphatic rings. The predicted molar refractivity (Wildman–Crippen MR) is 76.8 cm³/mol. The summed E-state index contributed by atoms with van der Waals surface area (Å²) in [5.74, 6) is 0.852. The number of nitriles is 1. The first-order chi connectivity index (χ1) is 9.22. The molecular weight excluding hydrogens is 256 g/mol. The van der Waals surface area contributed by atoms with Crippen molar-refractivity contribution in [2.24, 2.45) is 5.92 Å². The van der Waals surface area contributed by atoms with Crippen molar-refractivity contribution in [1.82, 2.24) is 4.90 Å². The summed E-state index contributed by atoms with van der Waals surface area (Å²) in [6.45, 7) is 2.70. The molecule has 0 N–H and O–H groups in total. The summed E-state index contributed by atoms with van der Waals surface area (Å²) in [4.78, 5) is 14.3. The zero-order valence-corrected chi connectivity index (χ0v) is 12.2. The van der Waals surface area contributed by atoms with E-state index in [-0.39, 0.29) is 5.91 Å². The van der Waals surface area contributed by atoms with Gasteiger partial charge in [-0.1, -0.05) is 0 Å². The van der Waals surface area contributed by atoms with Gasteiger partial charge in [-0.05, 0) is 54.5 Å². The summed E-state index contributed by atoms with van der Waals surface area (Å²) in [5.41, 5.74) is 1.23. The van der Waals surface area contributed by atoms with Crippen LogP contribution in [0.2, 0.25) is 0 Å². The molecule has 3 nitrogen and oxygen atoms in total. The Bertz CT molecular complexity index is 445. The van der Waals surface area contributed by atoms with E-state index in [0.717, 1.165) is 6.42 Å². The molecule has 0 spiro atoms. The highest BCUT2D eigenvalue weighted by atomic mass is 32.1. The first kappa shape index (κ1) is 14.1. The van der Waals surface area contributed by atoms with Crippen molar-refractivity contribution in [3.8, 4) is 6.07 Å². The molecule has 1 amide bonds. The van der Waals surface area contributed by atoms with Gasteiger partial charge in [0.1, 0.15) is 0 Å². The van der Waals surface area contributed by atoms with E-state index in [9.17, 15) is 4.79 Å². The highest BCUT2D eigenvalue weighted by Gasteiger charge is 2.33. The van der Waals surface area contributed by atoms with Crippen LogP contribution >= 0.6 is 11.3 Å². The van der Waals surface area contributed by atoms with Crippen LogP contribution in [0.25, 0.3) is 0 Å². The minimum atomic E-state index is 0.195. The van der Waals surface area contributed by atoms with Gasteiger partial charge in [-0.2, -0.15) is 16.6 Å². The lowest BCUT2D eigenvalue weighted by atomic mass is 10.1. The van der Waals surface area contributed by atoms with Crippen molar-refractivity contribution < 1.29 is 4.79 Å². The molecule has 1 aromatic rings. The van der Waals surface area contributed by atoms with Gasteiger partial charge in [0.2, 0.25) is 5.91 Å². The predicted octanol–water partition coefficient (Wildman–Crippen LogP) is 3.22. The quantitative estimate of drug-likeness (QED) is 0.767. The molecule has 2 rings (SSSR count). The molecule has 1 fully saturated rings. The molecule has 0 bridgehead atoms. The number of thiophene rings is 1. The Morgan fingerprint density at radius 2 is 2.42 bits per heavy atom. The zero-order valence-electron chi connectivity index (χ0n) is 11.3. The molecule has 1 saturated carbocycles. The summed E-state index contributed by atoms with van der Waals surface area (Å²) in [7, 11) is 0. The van der Waals surface area contributed by atoms with Crippen LogP contribution in [0.1, 0.15) is 38.2 Å². The lowest BCUT2D eigenvalue weighted by Gasteiger charge is -2.28. The van der Waals surface area contributed by atoms with Crippen LogP contribution in [-0.4, -0.2) is 23.4 Å². The van der Waals surface area contributed by atoms with Gasteiger partial charge < -0.3 is 4.90 Å². The van der Waals surface area contributed by atoms with Gasteiger partial charge in [-0.3, -0.25) is 4.79 Å². The highest BCUT2D eigenvalue weighted by molar-refractivity contribution is 7.07. The van der Waals surface area contributed by atoms with Gasteiger partial charge in [0.05, 0.1) is 12.5 Å². The Kier molecular flexibility index (Phi) is 4.98. The number of hydrogen-bond donors (Lipinski definition) is 0. The minimum Gasteiger partial charge on any atom is -0.339 e. The maximum Gasteiger partial charge on any atom is 0.223 e. The van der Waals surface area contributed by atoms with Crippen LogP contribution in [0.15, 0.2) is 16.8 Å². The second-order valence-corrected chi connectivity index (χ2v) is 5.98. The number of amides is 1. The molecule has 4 heteroatoms. The second kappa shape index (κ2) is 6.72. The molecule has 0 saturated heterocycles. The number of nitrogens with zero attached hydrogens (tertiary/aromatic N) is 2. The Morgan fingerprint density at radius 1 is 1.63 bits per heavy atom. The van der Waals surface area contributed by atoms with Gasteiger partial charge in [0.15, 0.2) is 0 Å². The summed E-state index contributed by atoms with van der Waals surface area (Å²) in [6, 6.07) is 4.51. The van der Waals surface area contributed by atoms with Crippen LogP contribution in [-0.2, 0) is 11.2 Å². The number of carbonyl (C=O) groups is 1. The summed E-state index contributed by atoms with van der Waals surface area (Å²) < 4.78 is 0. The van der Waals surface area contributed by atoms with E-state index in [4.69, 9.17) is 5.26 Å². The molecule has 0 aliphatic heterocycles. The van der Waals surface area contributed by atoms with Gasteiger partial charge >= 0.3 is 0 Å². The van der Waals surface area contributed by atoms with Crippen LogP contribution in [0.5, 0.6) is 0 Å². The number of rotatable bonds is 7. The third-order valence-corrected chi connectivity index (χ3v) is 4.52. The van der Waals surface area contributed by atoms with E-state index in [1.54, 1.807) is 11.3 Å². The zero-order chi connectivity index (χ0) is 13.7. The van der Waals surface area contributed by atoms with Crippen molar-refractivity contribution in [3.05, 3.63) is 22.4 Å². The molecule has 0 radical (unpaired) electrons. The fourth-order valence-corrected chi connectivity index (χ4v) is 3.09. The van der Waals surface area contributed by atoms with E-state index >= 15 is 0 Å². The maximum atomic E-state index is 12.3. The minimum absolute atomic E-state index is 0.195. The van der Waals surface area contributed by atoms with Gasteiger partial charge in [-0.25, -0.2) is 0 Å². The highest BCUT2D eigenvalue weighted by Crippen LogP contribution is 2.35. The summed E-state index contributed by atoms with van der Waals surface area (Å²) >= 11 is 1.67. The van der Waals surface area contributed by atoms with Crippen molar-refractivity contribution in [3.63, 3.8) is 0 Å². The smallest absolute Gasteiger partial charge is 0.223 e. The third-order valence-electron chi connectivity index (χ3n) is 3.79. The third kappa shape index (κ3) is 4.07. The molecular formula is C15H20N2OS. The summed E-state index contributed by atoms with van der Waals surface area (Å²) in [5, 5.41) is 12.9. The van der Waals surface area contributed by atoms with Crippen molar-refractivity contribution >= 4 is 17.2 Å². The van der Waals surface area contributed by atoms with Gasteiger partial charge in [-0.15, -0.1) is 0 Å². The number of carbonyl (C=O) groups excluding carboxylic acids is 1. The fraction of sp³-hybridized carbons (Fsp3) is 0.600. The molecule has 0 aromatic carbocycles. The van der Waals surface area contributed by atoms with Crippen LogP contribution < -0.4 is 0 Å². The normalized spacial score (nSPS) is 15.8. The van der Waals surface area contributed by atoms with E-state index in [2.05, 4.69) is 24.4 Å². The second-order valence-electron chi connectivity index (χ2n) is 5.20. The van der Waals surface area contributed by atoms with E-state index in [1.165, 1.54) is 18.4 Å². The molecule has 1 unspecified atom stereocenters. The van der Waals surface area contributed by atoms with E-state index in [0.29, 0.717) is 31.3 Å². The van der Waals surface area contributed by atoms with Crippen molar-refractivity contribution in [1.29, 1.82) is 5.26 Å². The first-order valence-electron chi connectivity index (χ1n) is 6.90. The summed E-state index contributed by atoms with van der Waals surface area (Å²) in [6.07, 6.45) is 4.24. The van der Waals surface area contributed by atoms with Gasteiger partial charge in [0.25, 0.3) is 0 Å². The largest absolute Gasteiger partial charge is 0.339 e. The first-order valence-corrected chi connectivity index (χ1v) is 7.84. The standard InChI is InChI=1S/C15H20N2OS/c1-12(14-4-5-14)17(9-2-8-16)15(18)6-3-13-7-10-19-11-13/h7,10-12,14H,2-6,9H2,1H3. The van der Waals surface area contributed by atoms with Crippen molar-refractivity contribution in [2.75, 3.05) is 6.54 Å². The number of aryl methyl sites for hydroxylation is 1. The SMILES string of the molecule is CC(C1CC1)N(CCC#N)C(=O)CCc1ccsc1. The average Bonchev–Trinajstić information content (AvgIpc) is 3.13. The number of hydrogen-bond acceptors (Lipinski definition) is 3. The molecule has 1 aromatic heterocycles. The van der Waals surface area contributed by atoms with E-state index in [1.807, 2.05) is 10.3 Å². The Hall–Kier alpha value is -1.34. The molecule has 102 valence electrons. The monoisotopic (exact) mass is 276 g/mol. The lowest BCUT2D eigenvalue weighted by molar-refractivity contribution is -0.133. The average molecular weight is 276 g/mol.